The highest BCUT2D eigenvalue weighted by Gasteiger charge is 2.33. The molecule has 8 nitrogen and oxygen atoms in total. The number of carbonyl (C=O) groups excluding carboxylic acids is 1. The third-order valence-electron chi connectivity index (χ3n) is 3.88. The molecular formula is C14H16N4O4. The van der Waals surface area contributed by atoms with E-state index < -0.39 is 12.0 Å². The van der Waals surface area contributed by atoms with Gasteiger partial charge in [-0.1, -0.05) is 6.07 Å². The van der Waals surface area contributed by atoms with E-state index in [4.69, 9.17) is 5.11 Å². The second kappa shape index (κ2) is 5.63. The molecule has 116 valence electrons. The first kappa shape index (κ1) is 14.3. The Morgan fingerprint density at radius 1 is 1.36 bits per heavy atom. The topological polar surface area (TPSA) is 96.9 Å². The number of rotatable bonds is 4. The van der Waals surface area contributed by atoms with Crippen LogP contribution in [0.15, 0.2) is 29.2 Å². The Kier molecular flexibility index (Phi) is 3.66. The minimum atomic E-state index is -0.976. The lowest BCUT2D eigenvalue weighted by Crippen LogP contribution is -2.41. The number of aryl methyl sites for hydroxylation is 1. The number of amides is 1. The monoisotopic (exact) mass is 304 g/mol. The van der Waals surface area contributed by atoms with Gasteiger partial charge < -0.3 is 10.0 Å². The molecule has 2 aromatic heterocycles. The van der Waals surface area contributed by atoms with Gasteiger partial charge in [0, 0.05) is 19.2 Å². The van der Waals surface area contributed by atoms with Gasteiger partial charge in [-0.05, 0) is 25.0 Å². The van der Waals surface area contributed by atoms with Crippen LogP contribution in [-0.4, -0.2) is 48.7 Å². The lowest BCUT2D eigenvalue weighted by atomic mass is 10.2. The van der Waals surface area contributed by atoms with Gasteiger partial charge >= 0.3 is 11.7 Å². The zero-order chi connectivity index (χ0) is 15.7. The van der Waals surface area contributed by atoms with Crippen molar-refractivity contribution in [2.75, 3.05) is 6.54 Å². The Morgan fingerprint density at radius 3 is 2.91 bits per heavy atom. The van der Waals surface area contributed by atoms with Gasteiger partial charge in [0.15, 0.2) is 5.65 Å². The molecule has 1 amide bonds. The SMILES string of the molecule is O=C(O)[C@@H]1CCCN1C(=O)CCn1nc2ccccn2c1=O. The Balaban J connectivity index is 1.71. The fraction of sp³-hybridized carbons (Fsp3) is 0.429. The number of aromatic nitrogens is 3. The first-order chi connectivity index (χ1) is 10.6. The van der Waals surface area contributed by atoms with E-state index in [1.165, 1.54) is 14.0 Å². The zero-order valence-electron chi connectivity index (χ0n) is 11.9. The van der Waals surface area contributed by atoms with E-state index in [2.05, 4.69) is 5.10 Å². The van der Waals surface area contributed by atoms with Crippen LogP contribution in [-0.2, 0) is 16.1 Å². The average Bonchev–Trinajstić information content (AvgIpc) is 3.11. The highest BCUT2D eigenvalue weighted by molar-refractivity contribution is 5.84. The van der Waals surface area contributed by atoms with Crippen molar-refractivity contribution in [1.82, 2.24) is 19.1 Å². The summed E-state index contributed by atoms with van der Waals surface area (Å²) in [7, 11) is 0. The van der Waals surface area contributed by atoms with Gasteiger partial charge in [-0.15, -0.1) is 5.10 Å². The van der Waals surface area contributed by atoms with Gasteiger partial charge in [0.1, 0.15) is 6.04 Å². The number of carboxylic acids is 1. The number of likely N-dealkylation sites (tertiary alicyclic amines) is 1. The molecule has 1 N–H and O–H groups in total. The van der Waals surface area contributed by atoms with E-state index in [-0.39, 0.29) is 24.6 Å². The van der Waals surface area contributed by atoms with Gasteiger partial charge in [-0.2, -0.15) is 0 Å². The summed E-state index contributed by atoms with van der Waals surface area (Å²) in [5, 5.41) is 13.2. The third kappa shape index (κ3) is 2.47. The number of carboxylic acid groups (broad SMARTS) is 1. The highest BCUT2D eigenvalue weighted by Crippen LogP contribution is 2.18. The number of carbonyl (C=O) groups is 2. The first-order valence-electron chi connectivity index (χ1n) is 7.14. The van der Waals surface area contributed by atoms with Crippen LogP contribution < -0.4 is 5.69 Å². The standard InChI is InChI=1S/C14H16N4O4/c19-12(16-8-3-4-10(16)13(20)21)6-9-18-14(22)17-7-2-1-5-11(17)15-18/h1-2,5,7,10H,3-4,6,8-9H2,(H,20,21)/t10-/m0/s1. The first-order valence-corrected chi connectivity index (χ1v) is 7.14. The Bertz CT molecular complexity index is 778. The van der Waals surface area contributed by atoms with E-state index in [0.717, 1.165) is 0 Å². The highest BCUT2D eigenvalue weighted by atomic mass is 16.4. The largest absolute Gasteiger partial charge is 0.480 e. The van der Waals surface area contributed by atoms with E-state index >= 15 is 0 Å². The van der Waals surface area contributed by atoms with Gasteiger partial charge in [-0.25, -0.2) is 14.3 Å². The normalized spacial score (nSPS) is 18.0. The van der Waals surface area contributed by atoms with Crippen molar-refractivity contribution in [3.05, 3.63) is 34.9 Å². The summed E-state index contributed by atoms with van der Waals surface area (Å²) in [6.45, 7) is 0.595. The molecule has 3 rings (SSSR count). The molecule has 1 atom stereocenters. The average molecular weight is 304 g/mol. The molecule has 1 saturated heterocycles. The molecule has 0 unspecified atom stereocenters. The quantitative estimate of drug-likeness (QED) is 0.855. The van der Waals surface area contributed by atoms with Crippen molar-refractivity contribution in [3.8, 4) is 0 Å². The molecule has 0 spiro atoms. The molecule has 0 bridgehead atoms. The molecule has 3 heterocycles. The molecule has 22 heavy (non-hydrogen) atoms. The van der Waals surface area contributed by atoms with Crippen molar-refractivity contribution in [3.63, 3.8) is 0 Å². The van der Waals surface area contributed by atoms with Crippen LogP contribution in [0.5, 0.6) is 0 Å². The molecule has 1 fully saturated rings. The summed E-state index contributed by atoms with van der Waals surface area (Å²) < 4.78 is 2.64. The summed E-state index contributed by atoms with van der Waals surface area (Å²) in [4.78, 5) is 36.7. The second-order valence-corrected chi connectivity index (χ2v) is 5.27. The van der Waals surface area contributed by atoms with E-state index in [9.17, 15) is 14.4 Å². The Labute approximate surface area is 125 Å². The maximum atomic E-state index is 12.2. The summed E-state index contributed by atoms with van der Waals surface area (Å²) in [6.07, 6.45) is 2.85. The molecule has 8 heteroatoms. The molecule has 0 aliphatic carbocycles. The maximum absolute atomic E-state index is 12.2. The number of hydrogen-bond donors (Lipinski definition) is 1. The third-order valence-corrected chi connectivity index (χ3v) is 3.88. The van der Waals surface area contributed by atoms with E-state index in [1.807, 2.05) is 0 Å². The summed E-state index contributed by atoms with van der Waals surface area (Å²) in [6, 6.07) is 4.47. The van der Waals surface area contributed by atoms with Crippen LogP contribution in [0.4, 0.5) is 0 Å². The van der Waals surface area contributed by atoms with Crippen LogP contribution in [0.2, 0.25) is 0 Å². The van der Waals surface area contributed by atoms with E-state index in [0.29, 0.717) is 25.0 Å². The molecular weight excluding hydrogens is 288 g/mol. The molecule has 0 aromatic carbocycles. The predicted molar refractivity (Wildman–Crippen MR) is 76.4 cm³/mol. The van der Waals surface area contributed by atoms with Crippen molar-refractivity contribution in [1.29, 1.82) is 0 Å². The predicted octanol–water partition coefficient (Wildman–Crippen LogP) is -0.0383. The lowest BCUT2D eigenvalue weighted by Gasteiger charge is -2.21. The zero-order valence-corrected chi connectivity index (χ0v) is 11.9. The molecule has 0 radical (unpaired) electrons. The van der Waals surface area contributed by atoms with Gasteiger partial charge in [0.2, 0.25) is 5.91 Å². The smallest absolute Gasteiger partial charge is 0.350 e. The number of hydrogen-bond acceptors (Lipinski definition) is 4. The van der Waals surface area contributed by atoms with Gasteiger partial charge in [-0.3, -0.25) is 9.20 Å². The Hall–Kier alpha value is -2.64. The van der Waals surface area contributed by atoms with Crippen LogP contribution in [0, 0.1) is 0 Å². The van der Waals surface area contributed by atoms with Gasteiger partial charge in [0.25, 0.3) is 0 Å². The van der Waals surface area contributed by atoms with Crippen LogP contribution in [0.1, 0.15) is 19.3 Å². The van der Waals surface area contributed by atoms with Crippen LogP contribution in [0.25, 0.3) is 5.65 Å². The number of pyridine rings is 1. The van der Waals surface area contributed by atoms with Crippen molar-refractivity contribution < 1.29 is 14.7 Å². The second-order valence-electron chi connectivity index (χ2n) is 5.27. The summed E-state index contributed by atoms with van der Waals surface area (Å²) >= 11 is 0. The van der Waals surface area contributed by atoms with Crippen molar-refractivity contribution >= 4 is 17.5 Å². The number of fused-ring (bicyclic) bond motifs is 1. The lowest BCUT2D eigenvalue weighted by molar-refractivity contribution is -0.148. The molecule has 1 aliphatic heterocycles. The summed E-state index contributed by atoms with van der Waals surface area (Å²) in [5.74, 6) is -1.23. The fourth-order valence-corrected chi connectivity index (χ4v) is 2.78. The number of nitrogens with zero attached hydrogens (tertiary/aromatic N) is 4. The minimum absolute atomic E-state index is 0.0631. The number of aliphatic carboxylic acids is 1. The maximum Gasteiger partial charge on any atom is 0.350 e. The summed E-state index contributed by atoms with van der Waals surface area (Å²) in [5.41, 5.74) is 0.212. The molecule has 2 aromatic rings. The van der Waals surface area contributed by atoms with Crippen molar-refractivity contribution in [2.45, 2.75) is 31.8 Å². The molecule has 1 aliphatic rings. The molecule has 0 saturated carbocycles. The van der Waals surface area contributed by atoms with Crippen molar-refractivity contribution in [2.24, 2.45) is 0 Å². The van der Waals surface area contributed by atoms with Crippen LogP contribution >= 0.6 is 0 Å². The minimum Gasteiger partial charge on any atom is -0.480 e. The van der Waals surface area contributed by atoms with E-state index in [1.54, 1.807) is 24.4 Å². The van der Waals surface area contributed by atoms with Gasteiger partial charge in [0.05, 0.1) is 6.54 Å². The Morgan fingerprint density at radius 2 is 2.18 bits per heavy atom. The van der Waals surface area contributed by atoms with Crippen LogP contribution in [0.3, 0.4) is 0 Å². The fourth-order valence-electron chi connectivity index (χ4n) is 2.78.